The van der Waals surface area contributed by atoms with E-state index in [2.05, 4.69) is 25.9 Å². The summed E-state index contributed by atoms with van der Waals surface area (Å²) in [5.74, 6) is 1.86. The zero-order valence-corrected chi connectivity index (χ0v) is 8.34. The van der Waals surface area contributed by atoms with Crippen LogP contribution in [-0.2, 0) is 0 Å². The molecule has 1 N–H and O–H groups in total. The summed E-state index contributed by atoms with van der Waals surface area (Å²) in [6, 6.07) is 0.704. The number of hydrogen-bond donors (Lipinski definition) is 1. The van der Waals surface area contributed by atoms with E-state index in [4.69, 9.17) is 0 Å². The van der Waals surface area contributed by atoms with Gasteiger partial charge in [0.05, 0.1) is 0 Å². The summed E-state index contributed by atoms with van der Waals surface area (Å²) >= 11 is 0. The maximum Gasteiger partial charge on any atom is 0.00952 e. The molecule has 0 bridgehead atoms. The molecule has 0 aliphatic heterocycles. The molecule has 0 amide bonds. The molecule has 0 aromatic rings. The summed E-state index contributed by atoms with van der Waals surface area (Å²) in [5, 5.41) is 3.41. The van der Waals surface area contributed by atoms with E-state index in [1.54, 1.807) is 0 Å². The third-order valence-electron chi connectivity index (χ3n) is 3.05. The smallest absolute Gasteiger partial charge is 0.00952 e. The lowest BCUT2D eigenvalue weighted by molar-refractivity contribution is 0.344. The molecule has 1 rings (SSSR count). The van der Waals surface area contributed by atoms with E-state index in [0.717, 1.165) is 18.3 Å². The van der Waals surface area contributed by atoms with Crippen LogP contribution in [0.2, 0.25) is 0 Å². The maximum atomic E-state index is 3.76. The summed E-state index contributed by atoms with van der Waals surface area (Å²) < 4.78 is 0. The van der Waals surface area contributed by atoms with Gasteiger partial charge in [-0.3, -0.25) is 0 Å². The Morgan fingerprint density at radius 1 is 1.58 bits per heavy atom. The van der Waals surface area contributed by atoms with Crippen molar-refractivity contribution in [3.8, 4) is 0 Å². The van der Waals surface area contributed by atoms with Crippen molar-refractivity contribution >= 4 is 0 Å². The largest absolute Gasteiger partial charge is 0.317 e. The highest BCUT2D eigenvalue weighted by Gasteiger charge is 2.31. The van der Waals surface area contributed by atoms with E-state index in [1.807, 2.05) is 6.08 Å². The van der Waals surface area contributed by atoms with E-state index in [9.17, 15) is 0 Å². The van der Waals surface area contributed by atoms with E-state index >= 15 is 0 Å². The molecule has 70 valence electrons. The maximum absolute atomic E-state index is 3.76. The molecular formula is C11H21N. The molecule has 1 aliphatic rings. The van der Waals surface area contributed by atoms with Crippen molar-refractivity contribution in [3.05, 3.63) is 12.7 Å². The molecule has 2 unspecified atom stereocenters. The van der Waals surface area contributed by atoms with Crippen LogP contribution < -0.4 is 5.32 Å². The fourth-order valence-electron chi connectivity index (χ4n) is 1.92. The Labute approximate surface area is 76.2 Å². The van der Waals surface area contributed by atoms with Crippen molar-refractivity contribution in [2.75, 3.05) is 7.05 Å². The summed E-state index contributed by atoms with van der Waals surface area (Å²) in [5.41, 5.74) is 0. The van der Waals surface area contributed by atoms with Gasteiger partial charge in [-0.15, -0.1) is 6.58 Å². The number of nitrogens with one attached hydrogen (secondary N) is 1. The Kier molecular flexibility index (Phi) is 3.80. The van der Waals surface area contributed by atoms with Gasteiger partial charge in [-0.2, -0.15) is 0 Å². The molecule has 2 atom stereocenters. The second kappa shape index (κ2) is 4.66. The van der Waals surface area contributed by atoms with Crippen LogP contribution in [0.15, 0.2) is 12.7 Å². The van der Waals surface area contributed by atoms with Crippen LogP contribution in [-0.4, -0.2) is 13.1 Å². The van der Waals surface area contributed by atoms with E-state index in [-0.39, 0.29) is 0 Å². The summed E-state index contributed by atoms with van der Waals surface area (Å²) in [6.07, 6.45) is 7.31. The van der Waals surface area contributed by atoms with Gasteiger partial charge in [-0.05, 0) is 44.6 Å². The van der Waals surface area contributed by atoms with Gasteiger partial charge >= 0.3 is 0 Å². The molecule has 1 heteroatoms. The highest BCUT2D eigenvalue weighted by atomic mass is 14.9. The van der Waals surface area contributed by atoms with Gasteiger partial charge in [0, 0.05) is 6.04 Å². The summed E-state index contributed by atoms with van der Waals surface area (Å²) in [6.45, 7) is 6.14. The Morgan fingerprint density at radius 2 is 2.25 bits per heavy atom. The van der Waals surface area contributed by atoms with Gasteiger partial charge in [0.15, 0.2) is 0 Å². The normalized spacial score (nSPS) is 21.8. The fraction of sp³-hybridized carbons (Fsp3) is 0.818. The first-order chi connectivity index (χ1) is 5.79. The Balaban J connectivity index is 2.26. The van der Waals surface area contributed by atoms with E-state index in [0.29, 0.717) is 6.04 Å². The van der Waals surface area contributed by atoms with Crippen LogP contribution in [0.3, 0.4) is 0 Å². The van der Waals surface area contributed by atoms with Crippen LogP contribution >= 0.6 is 0 Å². The van der Waals surface area contributed by atoms with Crippen molar-refractivity contribution in [3.63, 3.8) is 0 Å². The highest BCUT2D eigenvalue weighted by Crippen LogP contribution is 2.38. The van der Waals surface area contributed by atoms with Crippen LogP contribution in [0, 0.1) is 11.8 Å². The second-order valence-electron chi connectivity index (χ2n) is 3.96. The average molecular weight is 167 g/mol. The lowest BCUT2D eigenvalue weighted by Gasteiger charge is -2.22. The molecule has 0 spiro atoms. The molecule has 0 aromatic heterocycles. The molecule has 0 aromatic carbocycles. The third kappa shape index (κ3) is 2.63. The first-order valence-electron chi connectivity index (χ1n) is 5.07. The van der Waals surface area contributed by atoms with Crippen LogP contribution in [0.1, 0.15) is 32.6 Å². The Morgan fingerprint density at radius 3 is 2.67 bits per heavy atom. The molecule has 1 nitrogen and oxygen atoms in total. The van der Waals surface area contributed by atoms with Crippen molar-refractivity contribution in [2.24, 2.45) is 11.8 Å². The minimum absolute atomic E-state index is 0.704. The molecule has 1 saturated carbocycles. The van der Waals surface area contributed by atoms with Gasteiger partial charge in [0.25, 0.3) is 0 Å². The fourth-order valence-corrected chi connectivity index (χ4v) is 1.92. The van der Waals surface area contributed by atoms with E-state index < -0.39 is 0 Å². The predicted molar refractivity (Wildman–Crippen MR) is 54.2 cm³/mol. The van der Waals surface area contributed by atoms with Crippen LogP contribution in [0.4, 0.5) is 0 Å². The summed E-state index contributed by atoms with van der Waals surface area (Å²) in [7, 11) is 2.08. The van der Waals surface area contributed by atoms with Crippen molar-refractivity contribution < 1.29 is 0 Å². The molecule has 1 fully saturated rings. The predicted octanol–water partition coefficient (Wildman–Crippen LogP) is 2.59. The first kappa shape index (κ1) is 9.79. The number of hydrogen-bond acceptors (Lipinski definition) is 1. The first-order valence-corrected chi connectivity index (χ1v) is 5.07. The monoisotopic (exact) mass is 167 g/mol. The SMILES string of the molecule is C=CCCC(NC)C(C)C1CC1. The zero-order chi connectivity index (χ0) is 8.97. The standard InChI is InChI=1S/C11H21N/c1-4-5-6-11(12-3)9(2)10-7-8-10/h4,9-12H,1,5-8H2,2-3H3. The molecule has 0 radical (unpaired) electrons. The minimum atomic E-state index is 0.704. The minimum Gasteiger partial charge on any atom is -0.317 e. The molecule has 1 aliphatic carbocycles. The quantitative estimate of drug-likeness (QED) is 0.600. The van der Waals surface area contributed by atoms with Crippen molar-refractivity contribution in [1.82, 2.24) is 5.32 Å². The van der Waals surface area contributed by atoms with E-state index in [1.165, 1.54) is 19.3 Å². The Hall–Kier alpha value is -0.300. The molecule has 12 heavy (non-hydrogen) atoms. The Bertz CT molecular complexity index is 138. The average Bonchev–Trinajstić information content (AvgIpc) is 2.88. The topological polar surface area (TPSA) is 12.0 Å². The van der Waals surface area contributed by atoms with Crippen LogP contribution in [0.25, 0.3) is 0 Å². The lowest BCUT2D eigenvalue weighted by atomic mass is 9.93. The molecule has 0 heterocycles. The number of rotatable bonds is 6. The lowest BCUT2D eigenvalue weighted by Crippen LogP contribution is -2.32. The van der Waals surface area contributed by atoms with Crippen LogP contribution in [0.5, 0.6) is 0 Å². The van der Waals surface area contributed by atoms with Gasteiger partial charge < -0.3 is 5.32 Å². The number of allylic oxidation sites excluding steroid dienone is 1. The van der Waals surface area contributed by atoms with Gasteiger partial charge in [0.2, 0.25) is 0 Å². The zero-order valence-electron chi connectivity index (χ0n) is 8.34. The summed E-state index contributed by atoms with van der Waals surface area (Å²) in [4.78, 5) is 0. The third-order valence-corrected chi connectivity index (χ3v) is 3.05. The molecular weight excluding hydrogens is 146 g/mol. The van der Waals surface area contributed by atoms with Crippen molar-refractivity contribution in [2.45, 2.75) is 38.6 Å². The van der Waals surface area contributed by atoms with Gasteiger partial charge in [0.1, 0.15) is 0 Å². The van der Waals surface area contributed by atoms with Gasteiger partial charge in [-0.25, -0.2) is 0 Å². The highest BCUT2D eigenvalue weighted by molar-refractivity contribution is 4.87. The molecule has 0 saturated heterocycles. The second-order valence-corrected chi connectivity index (χ2v) is 3.96. The van der Waals surface area contributed by atoms with Gasteiger partial charge in [-0.1, -0.05) is 13.0 Å². The van der Waals surface area contributed by atoms with Crippen molar-refractivity contribution in [1.29, 1.82) is 0 Å².